The molecule has 3 amide bonds. The van der Waals surface area contributed by atoms with Crippen LogP contribution in [0.25, 0.3) is 11.3 Å². The van der Waals surface area contributed by atoms with E-state index in [4.69, 9.17) is 9.72 Å². The lowest BCUT2D eigenvalue weighted by Crippen LogP contribution is -2.51. The highest BCUT2D eigenvalue weighted by atomic mass is 16.5. The highest BCUT2D eigenvalue weighted by Gasteiger charge is 2.38. The third-order valence-corrected chi connectivity index (χ3v) is 11.6. The lowest BCUT2D eigenvalue weighted by atomic mass is 9.90. The van der Waals surface area contributed by atoms with Crippen molar-refractivity contribution in [1.29, 1.82) is 0 Å². The number of nitrogens with zero attached hydrogens (tertiary/aromatic N) is 7. The highest BCUT2D eigenvalue weighted by molar-refractivity contribution is 6.06. The number of amides is 3. The van der Waals surface area contributed by atoms with Gasteiger partial charge in [0.25, 0.3) is 11.5 Å². The molecule has 0 saturated carbocycles. The molecule has 3 aliphatic heterocycles. The van der Waals surface area contributed by atoms with Crippen LogP contribution in [0, 0.1) is 5.41 Å². The van der Waals surface area contributed by atoms with Crippen molar-refractivity contribution in [3.05, 3.63) is 93.8 Å². The monoisotopic (exact) mass is 761 g/mol. The molecule has 292 valence electrons. The first-order valence-electron chi connectivity index (χ1n) is 19.0. The van der Waals surface area contributed by atoms with E-state index in [1.54, 1.807) is 54.5 Å². The Morgan fingerprint density at radius 3 is 2.62 bits per heavy atom. The van der Waals surface area contributed by atoms with Crippen LogP contribution in [0.1, 0.15) is 59.2 Å². The van der Waals surface area contributed by atoms with Crippen LogP contribution < -0.4 is 21.1 Å². The van der Waals surface area contributed by atoms with Crippen LogP contribution in [0.15, 0.2) is 60.2 Å². The van der Waals surface area contributed by atoms with E-state index in [9.17, 15) is 24.3 Å². The molecule has 2 saturated heterocycles. The summed E-state index contributed by atoms with van der Waals surface area (Å²) >= 11 is 0. The summed E-state index contributed by atoms with van der Waals surface area (Å²) in [5.74, 6) is -0.275. The van der Waals surface area contributed by atoms with Crippen LogP contribution in [0.3, 0.4) is 0 Å². The van der Waals surface area contributed by atoms with Crippen molar-refractivity contribution in [2.24, 2.45) is 12.5 Å². The summed E-state index contributed by atoms with van der Waals surface area (Å²) in [5.41, 5.74) is 5.80. The third-order valence-electron chi connectivity index (χ3n) is 11.6. The van der Waals surface area contributed by atoms with E-state index >= 15 is 0 Å². The van der Waals surface area contributed by atoms with Gasteiger partial charge in [0.2, 0.25) is 11.8 Å². The van der Waals surface area contributed by atoms with E-state index in [1.165, 1.54) is 21.9 Å². The summed E-state index contributed by atoms with van der Waals surface area (Å²) in [5, 5.41) is 16.8. The summed E-state index contributed by atoms with van der Waals surface area (Å²) < 4.78 is 8.90. The van der Waals surface area contributed by atoms with Crippen molar-refractivity contribution in [3.63, 3.8) is 0 Å². The van der Waals surface area contributed by atoms with E-state index in [1.807, 2.05) is 12.1 Å². The zero-order valence-electron chi connectivity index (χ0n) is 32.2. The molecule has 0 bridgehead atoms. The molecule has 0 radical (unpaired) electrons. The zero-order chi connectivity index (χ0) is 39.5. The minimum Gasteiger partial charge on any atom is -0.392 e. The molecule has 0 spiro atoms. The molecule has 6 heterocycles. The molecule has 1 unspecified atom stereocenters. The van der Waals surface area contributed by atoms with Crippen molar-refractivity contribution in [2.45, 2.75) is 58.3 Å². The average Bonchev–Trinajstić information content (AvgIpc) is 3.59. The molecule has 15 nitrogen and oxygen atoms in total. The molecular formula is C41H47N9O6. The fraction of sp³-hybridized carbons (Fsp3) is 0.415. The Balaban J connectivity index is 1.10. The van der Waals surface area contributed by atoms with E-state index in [-0.39, 0.29) is 35.1 Å². The fourth-order valence-corrected chi connectivity index (χ4v) is 8.52. The first kappa shape index (κ1) is 37.3. The second-order valence-electron chi connectivity index (χ2n) is 15.9. The number of benzene rings is 1. The number of aliphatic hydroxyl groups excluding tert-OH is 1. The number of carbonyl (C=O) groups is 3. The number of carbonyl (C=O) groups excluding carboxylic acids is 3. The van der Waals surface area contributed by atoms with Crippen molar-refractivity contribution >= 4 is 40.7 Å². The third kappa shape index (κ3) is 6.69. The molecule has 1 aromatic carbocycles. The maximum Gasteiger partial charge on any atom is 0.293 e. The Labute approximate surface area is 324 Å². The molecule has 1 atom stereocenters. The second-order valence-corrected chi connectivity index (χ2v) is 15.9. The largest absolute Gasteiger partial charge is 0.392 e. The minimum absolute atomic E-state index is 0.00503. The fourth-order valence-electron chi connectivity index (χ4n) is 8.52. The van der Waals surface area contributed by atoms with Crippen LogP contribution in [-0.2, 0) is 47.4 Å². The number of likely N-dealkylation sites (N-methyl/N-ethyl adjacent to an activating group) is 1. The molecule has 1 aliphatic carbocycles. The Kier molecular flexibility index (Phi) is 9.63. The van der Waals surface area contributed by atoms with Gasteiger partial charge in [0.15, 0.2) is 5.82 Å². The number of rotatable bonds is 9. The van der Waals surface area contributed by atoms with Crippen molar-refractivity contribution in [2.75, 3.05) is 55.4 Å². The highest BCUT2D eigenvalue weighted by Crippen LogP contribution is 2.40. The average molecular weight is 762 g/mol. The minimum atomic E-state index is -0.422. The number of anilines is 4. The molecule has 3 aromatic heterocycles. The van der Waals surface area contributed by atoms with Gasteiger partial charge in [-0.25, -0.2) is 9.97 Å². The maximum absolute atomic E-state index is 14.0. The molecule has 15 heteroatoms. The summed E-state index contributed by atoms with van der Waals surface area (Å²) in [6, 6.07) is 8.94. The van der Waals surface area contributed by atoms with Crippen LogP contribution >= 0.6 is 0 Å². The number of fused-ring (bicyclic) bond motifs is 3. The Bertz CT molecular complexity index is 2330. The summed E-state index contributed by atoms with van der Waals surface area (Å²) in [4.78, 5) is 68.2. The van der Waals surface area contributed by atoms with E-state index in [2.05, 4.69) is 45.5 Å². The van der Waals surface area contributed by atoms with Gasteiger partial charge in [-0.05, 0) is 66.1 Å². The van der Waals surface area contributed by atoms with Gasteiger partial charge in [0.1, 0.15) is 11.5 Å². The lowest BCUT2D eigenvalue weighted by Gasteiger charge is -2.35. The second kappa shape index (κ2) is 14.5. The topological polar surface area (TPSA) is 167 Å². The van der Waals surface area contributed by atoms with Crippen LogP contribution in [0.2, 0.25) is 0 Å². The Hall–Kier alpha value is -5.64. The van der Waals surface area contributed by atoms with Gasteiger partial charge >= 0.3 is 0 Å². The standard InChI is InChI=1S/C41H47N9O6/c1-6-35(52)44-30-16-25(7-8-28(30)32-10-12-48(26-22-56-23-26)20-36(53)47(32)5)43-37-40(55)46(4)19-31(45-37)27-9-11-42-38(29(27)21-51)50-14-13-49-33(39(50)54)15-24-17-41(2,3)18-34(24)49/h6-9,11,15-16,19,26,32,51H,1,10,12-14,17-18,20-23H2,2-5H3,(H,43,45)(H,44,52). The Morgan fingerprint density at radius 1 is 1.09 bits per heavy atom. The van der Waals surface area contributed by atoms with E-state index in [0.29, 0.717) is 85.5 Å². The van der Waals surface area contributed by atoms with Gasteiger partial charge in [-0.2, -0.15) is 0 Å². The quantitative estimate of drug-likeness (QED) is 0.215. The predicted octanol–water partition coefficient (Wildman–Crippen LogP) is 3.39. The van der Waals surface area contributed by atoms with Crippen LogP contribution in [0.5, 0.6) is 0 Å². The van der Waals surface area contributed by atoms with Crippen molar-refractivity contribution in [3.8, 4) is 11.3 Å². The number of aromatic nitrogens is 4. The zero-order valence-corrected chi connectivity index (χ0v) is 32.2. The van der Waals surface area contributed by atoms with E-state index in [0.717, 1.165) is 18.4 Å². The number of pyridine rings is 1. The smallest absolute Gasteiger partial charge is 0.293 e. The number of hydrogen-bond acceptors (Lipinski definition) is 10. The normalized spacial score (nSPS) is 19.6. The SMILES string of the molecule is C=CC(=O)Nc1cc(Nc2nc(-c3ccnc(N4CCn5c(cc6c5CC(C)(C)C6)C4=O)c3CO)cn(C)c2=O)ccc1C1CCN(C2COC2)CC(=O)N1C. The van der Waals surface area contributed by atoms with Gasteiger partial charge in [-0.15, -0.1) is 0 Å². The van der Waals surface area contributed by atoms with Crippen molar-refractivity contribution in [1.82, 2.24) is 28.9 Å². The summed E-state index contributed by atoms with van der Waals surface area (Å²) in [7, 11) is 3.38. The van der Waals surface area contributed by atoms with Gasteiger partial charge < -0.3 is 34.5 Å². The molecule has 56 heavy (non-hydrogen) atoms. The van der Waals surface area contributed by atoms with Gasteiger partial charge in [0.05, 0.1) is 44.1 Å². The van der Waals surface area contributed by atoms with Crippen LogP contribution in [-0.4, -0.2) is 97.7 Å². The number of ether oxygens (including phenoxy) is 1. The molecule has 8 rings (SSSR count). The Morgan fingerprint density at radius 2 is 1.89 bits per heavy atom. The number of nitrogens with one attached hydrogen (secondary N) is 2. The van der Waals surface area contributed by atoms with Gasteiger partial charge in [-0.3, -0.25) is 29.0 Å². The van der Waals surface area contributed by atoms with E-state index < -0.39 is 18.1 Å². The molecule has 4 aromatic rings. The predicted molar refractivity (Wildman–Crippen MR) is 211 cm³/mol. The van der Waals surface area contributed by atoms with Crippen molar-refractivity contribution < 1.29 is 24.2 Å². The number of aryl methyl sites for hydroxylation is 1. The summed E-state index contributed by atoms with van der Waals surface area (Å²) in [6.07, 6.45) is 6.82. The molecular weight excluding hydrogens is 715 g/mol. The van der Waals surface area contributed by atoms with Crippen LogP contribution in [0.4, 0.5) is 23.0 Å². The molecule has 3 N–H and O–H groups in total. The number of hydrogen-bond donors (Lipinski definition) is 3. The lowest BCUT2D eigenvalue weighted by molar-refractivity contribution is -0.134. The number of aliphatic hydroxyl groups is 1. The van der Waals surface area contributed by atoms with Gasteiger partial charge in [-0.1, -0.05) is 26.5 Å². The molecule has 4 aliphatic rings. The maximum atomic E-state index is 14.0. The van der Waals surface area contributed by atoms with Gasteiger partial charge in [0, 0.05) is 74.3 Å². The summed E-state index contributed by atoms with van der Waals surface area (Å²) in [6.45, 7) is 10.9. The first-order valence-corrected chi connectivity index (χ1v) is 19.0. The molecule has 2 fully saturated rings. The first-order chi connectivity index (χ1) is 26.8.